The SMILES string of the molecule is CN(CCc1noc(C2CCCCC2)n1)S(=O)(=O)c1ccccc1Cl. The van der Waals surface area contributed by atoms with E-state index >= 15 is 0 Å². The summed E-state index contributed by atoms with van der Waals surface area (Å²) in [6, 6.07) is 6.43. The number of rotatable bonds is 6. The van der Waals surface area contributed by atoms with Gasteiger partial charge in [-0.1, -0.05) is 48.2 Å². The molecule has 0 amide bonds. The van der Waals surface area contributed by atoms with E-state index in [2.05, 4.69) is 10.1 Å². The number of likely N-dealkylation sites (N-methyl/N-ethyl adjacent to an activating group) is 1. The molecule has 0 atom stereocenters. The van der Waals surface area contributed by atoms with Crippen molar-refractivity contribution in [2.24, 2.45) is 0 Å². The van der Waals surface area contributed by atoms with Crippen molar-refractivity contribution in [1.82, 2.24) is 14.4 Å². The molecule has 1 aromatic carbocycles. The molecule has 1 heterocycles. The van der Waals surface area contributed by atoms with Gasteiger partial charge in [-0.3, -0.25) is 0 Å². The molecule has 0 radical (unpaired) electrons. The van der Waals surface area contributed by atoms with Crippen molar-refractivity contribution in [1.29, 1.82) is 0 Å². The fourth-order valence-electron chi connectivity index (χ4n) is 3.08. The first-order valence-electron chi connectivity index (χ1n) is 8.52. The molecule has 1 aliphatic carbocycles. The van der Waals surface area contributed by atoms with E-state index in [1.165, 1.54) is 36.7 Å². The molecule has 3 rings (SSSR count). The van der Waals surface area contributed by atoms with Crippen LogP contribution in [0.3, 0.4) is 0 Å². The van der Waals surface area contributed by atoms with Crippen LogP contribution < -0.4 is 0 Å². The van der Waals surface area contributed by atoms with Crippen molar-refractivity contribution >= 4 is 21.6 Å². The minimum atomic E-state index is -3.64. The number of hydrogen-bond donors (Lipinski definition) is 0. The van der Waals surface area contributed by atoms with E-state index in [0.717, 1.165) is 12.8 Å². The third-order valence-electron chi connectivity index (χ3n) is 4.61. The molecule has 1 aromatic heterocycles. The largest absolute Gasteiger partial charge is 0.339 e. The molecule has 1 fully saturated rings. The van der Waals surface area contributed by atoms with Crippen LogP contribution in [-0.4, -0.2) is 36.5 Å². The molecule has 1 saturated carbocycles. The summed E-state index contributed by atoms with van der Waals surface area (Å²) in [4.78, 5) is 4.56. The van der Waals surface area contributed by atoms with Gasteiger partial charge in [-0.05, 0) is 25.0 Å². The first-order valence-corrected chi connectivity index (χ1v) is 10.3. The van der Waals surface area contributed by atoms with Crippen molar-refractivity contribution in [3.63, 3.8) is 0 Å². The Labute approximate surface area is 153 Å². The Bertz CT molecular complexity index is 816. The van der Waals surface area contributed by atoms with Crippen molar-refractivity contribution in [2.45, 2.75) is 49.3 Å². The first-order chi connectivity index (χ1) is 12.0. The van der Waals surface area contributed by atoms with Crippen LogP contribution in [0.1, 0.15) is 49.7 Å². The summed E-state index contributed by atoms with van der Waals surface area (Å²) in [6.07, 6.45) is 6.23. The highest BCUT2D eigenvalue weighted by molar-refractivity contribution is 7.89. The highest BCUT2D eigenvalue weighted by atomic mass is 35.5. The second-order valence-electron chi connectivity index (χ2n) is 6.39. The fraction of sp³-hybridized carbons (Fsp3) is 0.529. The molecule has 0 bridgehead atoms. The van der Waals surface area contributed by atoms with E-state index in [1.54, 1.807) is 18.2 Å². The van der Waals surface area contributed by atoms with Gasteiger partial charge in [-0.15, -0.1) is 0 Å². The molecule has 1 aliphatic rings. The lowest BCUT2D eigenvalue weighted by Crippen LogP contribution is -2.29. The van der Waals surface area contributed by atoms with Crippen LogP contribution in [0.15, 0.2) is 33.7 Å². The Morgan fingerprint density at radius 3 is 2.68 bits per heavy atom. The molecular weight excluding hydrogens is 362 g/mol. The van der Waals surface area contributed by atoms with Crippen LogP contribution in [0.2, 0.25) is 5.02 Å². The van der Waals surface area contributed by atoms with Crippen molar-refractivity contribution in [3.8, 4) is 0 Å². The maximum absolute atomic E-state index is 12.6. The number of hydrogen-bond acceptors (Lipinski definition) is 5. The molecule has 0 saturated heterocycles. The molecule has 2 aromatic rings. The van der Waals surface area contributed by atoms with Crippen LogP contribution >= 0.6 is 11.6 Å². The average Bonchev–Trinajstić information content (AvgIpc) is 3.09. The molecule has 6 nitrogen and oxygen atoms in total. The van der Waals surface area contributed by atoms with Crippen LogP contribution in [-0.2, 0) is 16.4 Å². The monoisotopic (exact) mass is 383 g/mol. The summed E-state index contributed by atoms with van der Waals surface area (Å²) >= 11 is 6.01. The number of sulfonamides is 1. The lowest BCUT2D eigenvalue weighted by Gasteiger charge is -2.17. The molecule has 136 valence electrons. The van der Waals surface area contributed by atoms with Crippen LogP contribution in [0, 0.1) is 0 Å². The van der Waals surface area contributed by atoms with Gasteiger partial charge in [0.05, 0.1) is 5.02 Å². The van der Waals surface area contributed by atoms with Gasteiger partial charge in [-0.25, -0.2) is 12.7 Å². The van der Waals surface area contributed by atoms with Crippen molar-refractivity contribution in [2.75, 3.05) is 13.6 Å². The van der Waals surface area contributed by atoms with E-state index in [9.17, 15) is 8.42 Å². The second kappa shape index (κ2) is 7.85. The minimum Gasteiger partial charge on any atom is -0.339 e. The zero-order valence-electron chi connectivity index (χ0n) is 14.2. The third-order valence-corrected chi connectivity index (χ3v) is 6.97. The van der Waals surface area contributed by atoms with E-state index in [0.29, 0.717) is 24.1 Å². The minimum absolute atomic E-state index is 0.107. The number of halogens is 1. The molecule has 0 aliphatic heterocycles. The third kappa shape index (κ3) is 4.22. The Balaban J connectivity index is 1.63. The Morgan fingerprint density at radius 2 is 1.96 bits per heavy atom. The number of nitrogens with zero attached hydrogens (tertiary/aromatic N) is 3. The standard InChI is InChI=1S/C17H22ClN3O3S/c1-21(25(22,23)15-10-6-5-9-14(15)18)12-11-16-19-17(24-20-16)13-7-3-2-4-8-13/h5-6,9-10,13H,2-4,7-8,11-12H2,1H3. The first kappa shape index (κ1) is 18.4. The van der Waals surface area contributed by atoms with Gasteiger partial charge in [0.1, 0.15) is 4.90 Å². The number of aromatic nitrogens is 2. The molecule has 0 N–H and O–H groups in total. The molecular formula is C17H22ClN3O3S. The second-order valence-corrected chi connectivity index (χ2v) is 8.81. The van der Waals surface area contributed by atoms with Crippen LogP contribution in [0.25, 0.3) is 0 Å². The zero-order chi connectivity index (χ0) is 17.9. The Kier molecular flexibility index (Phi) is 5.76. The molecule has 0 spiro atoms. The summed E-state index contributed by atoms with van der Waals surface area (Å²) in [5.41, 5.74) is 0. The summed E-state index contributed by atoms with van der Waals surface area (Å²) in [7, 11) is -2.11. The highest BCUT2D eigenvalue weighted by Gasteiger charge is 2.25. The van der Waals surface area contributed by atoms with Crippen LogP contribution in [0.4, 0.5) is 0 Å². The van der Waals surface area contributed by atoms with E-state index < -0.39 is 10.0 Å². The zero-order valence-corrected chi connectivity index (χ0v) is 15.8. The molecule has 25 heavy (non-hydrogen) atoms. The van der Waals surface area contributed by atoms with Crippen molar-refractivity contribution < 1.29 is 12.9 Å². The topological polar surface area (TPSA) is 76.3 Å². The Hall–Kier alpha value is -1.44. The van der Waals surface area contributed by atoms with Gasteiger partial charge in [-0.2, -0.15) is 4.98 Å². The normalized spacial score (nSPS) is 16.4. The Morgan fingerprint density at radius 1 is 1.24 bits per heavy atom. The molecule has 8 heteroatoms. The summed E-state index contributed by atoms with van der Waals surface area (Å²) < 4.78 is 31.9. The number of benzene rings is 1. The fourth-order valence-corrected chi connectivity index (χ4v) is 4.74. The van der Waals surface area contributed by atoms with Gasteiger partial charge in [0.15, 0.2) is 5.82 Å². The van der Waals surface area contributed by atoms with Gasteiger partial charge in [0, 0.05) is 25.9 Å². The van der Waals surface area contributed by atoms with E-state index in [-0.39, 0.29) is 16.5 Å². The van der Waals surface area contributed by atoms with Crippen molar-refractivity contribution in [3.05, 3.63) is 41.0 Å². The maximum Gasteiger partial charge on any atom is 0.244 e. The summed E-state index contributed by atoms with van der Waals surface area (Å²) in [6.45, 7) is 0.261. The smallest absolute Gasteiger partial charge is 0.244 e. The lowest BCUT2D eigenvalue weighted by atomic mass is 9.89. The highest BCUT2D eigenvalue weighted by Crippen LogP contribution is 2.31. The van der Waals surface area contributed by atoms with Gasteiger partial charge >= 0.3 is 0 Å². The van der Waals surface area contributed by atoms with E-state index in [4.69, 9.17) is 16.1 Å². The molecule has 0 unspecified atom stereocenters. The van der Waals surface area contributed by atoms with E-state index in [1.807, 2.05) is 0 Å². The summed E-state index contributed by atoms with van der Waals surface area (Å²) in [5, 5.41) is 4.22. The van der Waals surface area contributed by atoms with Crippen LogP contribution in [0.5, 0.6) is 0 Å². The maximum atomic E-state index is 12.6. The lowest BCUT2D eigenvalue weighted by molar-refractivity contribution is 0.311. The van der Waals surface area contributed by atoms with Gasteiger partial charge in [0.25, 0.3) is 0 Å². The average molecular weight is 384 g/mol. The predicted octanol–water partition coefficient (Wildman–Crippen LogP) is 3.63. The van der Waals surface area contributed by atoms with Gasteiger partial charge in [0.2, 0.25) is 15.9 Å². The van der Waals surface area contributed by atoms with Gasteiger partial charge < -0.3 is 4.52 Å². The summed E-state index contributed by atoms with van der Waals surface area (Å²) in [5.74, 6) is 1.58. The quantitative estimate of drug-likeness (QED) is 0.761. The predicted molar refractivity (Wildman–Crippen MR) is 95.1 cm³/mol.